The maximum atomic E-state index is 5.97. The second kappa shape index (κ2) is 5.05. The summed E-state index contributed by atoms with van der Waals surface area (Å²) < 4.78 is 4.30. The number of rotatable bonds is 4. The van der Waals surface area contributed by atoms with Crippen molar-refractivity contribution in [3.05, 3.63) is 5.56 Å². The Morgan fingerprint density at radius 2 is 2.22 bits per heavy atom. The molecule has 0 spiro atoms. The number of aromatic nitrogens is 1. The Kier molecular flexibility index (Phi) is 3.43. The van der Waals surface area contributed by atoms with Crippen LogP contribution in [0.3, 0.4) is 0 Å². The number of hydrogen-bond donors (Lipinski definition) is 2. The zero-order valence-electron chi connectivity index (χ0n) is 11.0. The van der Waals surface area contributed by atoms with Crippen LogP contribution >= 0.6 is 11.5 Å². The lowest BCUT2D eigenvalue weighted by Crippen LogP contribution is -2.40. The third-order valence-corrected chi connectivity index (χ3v) is 5.00. The summed E-state index contributed by atoms with van der Waals surface area (Å²) >= 11 is 1.53. The number of nitrogens with one attached hydrogen (secondary N) is 1. The van der Waals surface area contributed by atoms with Gasteiger partial charge < -0.3 is 16.0 Å². The highest BCUT2D eigenvalue weighted by molar-refractivity contribution is 7.10. The van der Waals surface area contributed by atoms with Gasteiger partial charge in [-0.15, -0.1) is 0 Å². The number of hydrogen-bond acceptors (Lipinski definition) is 5. The van der Waals surface area contributed by atoms with E-state index in [1.807, 2.05) is 0 Å². The topological polar surface area (TPSA) is 54.2 Å². The van der Waals surface area contributed by atoms with Crippen molar-refractivity contribution in [2.24, 2.45) is 0 Å². The standard InChI is InChI=1S/C13H22N4S/c1-17-7-3-2-4-10(17)8-15-13-11(9-5-6-9)12(14)16-18-13/h9-10,15H,2-8H2,1H3,(H2,14,16). The second-order valence-electron chi connectivity index (χ2n) is 5.60. The molecular weight excluding hydrogens is 244 g/mol. The predicted octanol–water partition coefficient (Wildman–Crippen LogP) is 2.50. The largest absolute Gasteiger partial charge is 0.383 e. The number of anilines is 2. The van der Waals surface area contributed by atoms with Crippen LogP contribution in [0, 0.1) is 0 Å². The fourth-order valence-corrected chi connectivity index (χ4v) is 3.62. The van der Waals surface area contributed by atoms with E-state index in [1.165, 1.54) is 60.7 Å². The third kappa shape index (κ3) is 2.47. The molecule has 1 saturated heterocycles. The molecule has 1 aliphatic heterocycles. The van der Waals surface area contributed by atoms with Gasteiger partial charge in [-0.05, 0) is 56.7 Å². The molecule has 2 aliphatic rings. The molecule has 1 aliphatic carbocycles. The average Bonchev–Trinajstić information content (AvgIpc) is 3.13. The number of likely N-dealkylation sites (tertiary alicyclic amines) is 1. The number of piperidine rings is 1. The predicted molar refractivity (Wildman–Crippen MR) is 77.3 cm³/mol. The van der Waals surface area contributed by atoms with Crippen LogP contribution in [0.25, 0.3) is 0 Å². The van der Waals surface area contributed by atoms with Gasteiger partial charge in [-0.2, -0.15) is 4.37 Å². The highest BCUT2D eigenvalue weighted by atomic mass is 32.1. The summed E-state index contributed by atoms with van der Waals surface area (Å²) in [5.41, 5.74) is 7.26. The minimum absolute atomic E-state index is 0.661. The summed E-state index contributed by atoms with van der Waals surface area (Å²) in [4.78, 5) is 2.47. The summed E-state index contributed by atoms with van der Waals surface area (Å²) in [6.45, 7) is 2.25. The molecule has 1 saturated carbocycles. The Labute approximate surface area is 113 Å². The van der Waals surface area contributed by atoms with Crippen molar-refractivity contribution in [1.82, 2.24) is 9.27 Å². The lowest BCUT2D eigenvalue weighted by molar-refractivity contribution is 0.195. The van der Waals surface area contributed by atoms with Crippen molar-refractivity contribution < 1.29 is 0 Å². The van der Waals surface area contributed by atoms with Crippen molar-refractivity contribution in [3.8, 4) is 0 Å². The lowest BCUT2D eigenvalue weighted by Gasteiger charge is -2.32. The summed E-state index contributed by atoms with van der Waals surface area (Å²) in [7, 11) is 2.23. The van der Waals surface area contributed by atoms with E-state index < -0.39 is 0 Å². The molecule has 4 nitrogen and oxygen atoms in total. The molecule has 1 atom stereocenters. The van der Waals surface area contributed by atoms with Gasteiger partial charge in [-0.3, -0.25) is 0 Å². The van der Waals surface area contributed by atoms with Crippen LogP contribution in [-0.2, 0) is 0 Å². The maximum absolute atomic E-state index is 5.97. The first kappa shape index (κ1) is 12.2. The van der Waals surface area contributed by atoms with Crippen LogP contribution in [0.15, 0.2) is 0 Å². The van der Waals surface area contributed by atoms with Crippen LogP contribution in [0.1, 0.15) is 43.6 Å². The molecule has 0 radical (unpaired) electrons. The lowest BCUT2D eigenvalue weighted by atomic mass is 10.0. The maximum Gasteiger partial charge on any atom is 0.142 e. The van der Waals surface area contributed by atoms with Gasteiger partial charge in [-0.1, -0.05) is 6.42 Å². The van der Waals surface area contributed by atoms with E-state index in [0.717, 1.165) is 12.4 Å². The van der Waals surface area contributed by atoms with Crippen molar-refractivity contribution in [1.29, 1.82) is 0 Å². The zero-order valence-corrected chi connectivity index (χ0v) is 11.8. The van der Waals surface area contributed by atoms with E-state index in [9.17, 15) is 0 Å². The number of nitrogens with two attached hydrogens (primary N) is 1. The van der Waals surface area contributed by atoms with Gasteiger partial charge in [-0.25, -0.2) is 0 Å². The molecule has 100 valence electrons. The Morgan fingerprint density at radius 1 is 1.39 bits per heavy atom. The van der Waals surface area contributed by atoms with Crippen molar-refractivity contribution in [3.63, 3.8) is 0 Å². The van der Waals surface area contributed by atoms with E-state index in [-0.39, 0.29) is 0 Å². The normalized spacial score (nSPS) is 25.3. The Morgan fingerprint density at radius 3 is 2.94 bits per heavy atom. The highest BCUT2D eigenvalue weighted by Gasteiger charge is 2.30. The third-order valence-electron chi connectivity index (χ3n) is 4.16. The minimum Gasteiger partial charge on any atom is -0.383 e. The molecule has 5 heteroatoms. The van der Waals surface area contributed by atoms with E-state index in [0.29, 0.717) is 12.0 Å². The van der Waals surface area contributed by atoms with E-state index in [1.54, 1.807) is 0 Å². The van der Waals surface area contributed by atoms with Crippen LogP contribution in [0.4, 0.5) is 10.8 Å². The Bertz CT molecular complexity index is 413. The first-order valence-electron chi connectivity index (χ1n) is 6.95. The van der Waals surface area contributed by atoms with E-state index in [2.05, 4.69) is 21.6 Å². The molecule has 0 amide bonds. The second-order valence-corrected chi connectivity index (χ2v) is 6.37. The molecule has 1 aromatic rings. The van der Waals surface area contributed by atoms with E-state index >= 15 is 0 Å². The summed E-state index contributed by atoms with van der Waals surface area (Å²) in [5.74, 6) is 1.43. The van der Waals surface area contributed by atoms with Gasteiger partial charge in [0.15, 0.2) is 0 Å². The molecule has 3 rings (SSSR count). The van der Waals surface area contributed by atoms with Crippen LogP contribution in [0.5, 0.6) is 0 Å². The Hall–Kier alpha value is -0.810. The van der Waals surface area contributed by atoms with Crippen LogP contribution < -0.4 is 11.1 Å². The molecule has 2 heterocycles. The fourth-order valence-electron chi connectivity index (χ4n) is 2.82. The summed E-state index contributed by atoms with van der Waals surface area (Å²) in [5, 5.41) is 4.81. The average molecular weight is 266 g/mol. The van der Waals surface area contributed by atoms with Gasteiger partial charge >= 0.3 is 0 Å². The monoisotopic (exact) mass is 266 g/mol. The smallest absolute Gasteiger partial charge is 0.142 e. The Balaban J connectivity index is 1.62. The molecule has 1 unspecified atom stereocenters. The molecule has 0 bridgehead atoms. The van der Waals surface area contributed by atoms with Gasteiger partial charge in [0.2, 0.25) is 0 Å². The van der Waals surface area contributed by atoms with Gasteiger partial charge in [0.1, 0.15) is 10.8 Å². The van der Waals surface area contributed by atoms with Gasteiger partial charge in [0, 0.05) is 18.2 Å². The highest BCUT2D eigenvalue weighted by Crippen LogP contribution is 2.47. The number of nitrogens with zero attached hydrogens (tertiary/aromatic N) is 2. The molecular formula is C13H22N4S. The van der Waals surface area contributed by atoms with Crippen molar-refractivity contribution in [2.75, 3.05) is 31.2 Å². The van der Waals surface area contributed by atoms with Crippen LogP contribution in [-0.4, -0.2) is 35.5 Å². The first-order chi connectivity index (χ1) is 8.75. The zero-order chi connectivity index (χ0) is 12.5. The number of likely N-dealkylation sites (N-methyl/N-ethyl adjacent to an activating group) is 1. The van der Waals surface area contributed by atoms with E-state index in [4.69, 9.17) is 5.73 Å². The molecule has 2 fully saturated rings. The summed E-state index contributed by atoms with van der Waals surface area (Å²) in [6.07, 6.45) is 6.56. The molecule has 18 heavy (non-hydrogen) atoms. The molecule has 1 aromatic heterocycles. The first-order valence-corrected chi connectivity index (χ1v) is 7.72. The SMILES string of the molecule is CN1CCCCC1CNc1snc(N)c1C1CC1. The van der Waals surface area contributed by atoms with Crippen molar-refractivity contribution in [2.45, 2.75) is 44.1 Å². The molecule has 3 N–H and O–H groups in total. The van der Waals surface area contributed by atoms with Crippen molar-refractivity contribution >= 4 is 22.4 Å². The van der Waals surface area contributed by atoms with Gasteiger partial charge in [0.25, 0.3) is 0 Å². The fraction of sp³-hybridized carbons (Fsp3) is 0.769. The number of nitrogen functional groups attached to an aromatic ring is 1. The van der Waals surface area contributed by atoms with Gasteiger partial charge in [0.05, 0.1) is 0 Å². The minimum atomic E-state index is 0.661. The molecule has 0 aromatic carbocycles. The van der Waals surface area contributed by atoms with Crippen LogP contribution in [0.2, 0.25) is 0 Å². The quantitative estimate of drug-likeness (QED) is 0.879. The summed E-state index contributed by atoms with van der Waals surface area (Å²) in [6, 6.07) is 0.661.